The minimum absolute atomic E-state index is 0. The molecule has 0 amide bonds. The summed E-state index contributed by atoms with van der Waals surface area (Å²) in [7, 11) is 0. The largest absolute Gasteiger partial charge is 0.305 e. The maximum atomic E-state index is 5.03. The number of benzene rings is 4. The van der Waals surface area contributed by atoms with E-state index in [1.54, 1.807) is 0 Å². The van der Waals surface area contributed by atoms with Crippen LogP contribution in [-0.2, 0) is 41.8 Å². The average molecular weight is 968 g/mol. The van der Waals surface area contributed by atoms with Crippen LogP contribution in [0.1, 0.15) is 128 Å². The molecule has 0 bridgehead atoms. The number of rotatable bonds is 5. The van der Waals surface area contributed by atoms with Gasteiger partial charge in [0.1, 0.15) is 0 Å². The van der Waals surface area contributed by atoms with Crippen molar-refractivity contribution in [2.24, 2.45) is 0 Å². The molecule has 1 radical (unpaired) electrons. The zero-order valence-electron chi connectivity index (χ0n) is 38.0. The maximum absolute atomic E-state index is 5.03. The van der Waals surface area contributed by atoms with E-state index in [1.807, 2.05) is 18.5 Å². The molecule has 8 rings (SSSR count). The van der Waals surface area contributed by atoms with Gasteiger partial charge in [-0.1, -0.05) is 100 Å². The van der Waals surface area contributed by atoms with Crippen LogP contribution < -0.4 is 0 Å². The van der Waals surface area contributed by atoms with Gasteiger partial charge >= 0.3 is 0 Å². The first-order valence-electron chi connectivity index (χ1n) is 21.4. The smallest absolute Gasteiger partial charge is 0.0714 e. The summed E-state index contributed by atoms with van der Waals surface area (Å²) in [6, 6.07) is 42.1. The molecule has 7 aromatic rings. The van der Waals surface area contributed by atoms with Gasteiger partial charge in [0.2, 0.25) is 0 Å². The first-order valence-corrected chi connectivity index (χ1v) is 21.4. The molecule has 3 nitrogen and oxygen atoms in total. The summed E-state index contributed by atoms with van der Waals surface area (Å²) in [4.78, 5) is 14.5. The van der Waals surface area contributed by atoms with Crippen LogP contribution in [0.15, 0.2) is 109 Å². The molecule has 0 aliphatic heterocycles. The number of hydrogen-bond donors (Lipinski definition) is 0. The number of nitrogens with zero attached hydrogens (tertiary/aromatic N) is 3. The SMILES string of the molecule is CC(C)(C)c1cc[c-]c(-c2cc(C(C)(C)C)ccn2)c1.CCC1(CC)c2cc3c(-c4cc(C)cc(C)n4)cccc3cc2-c2ccnc(-c3[c-]ccc(C(C)(C)C)c3)c21.[Ir]. The van der Waals surface area contributed by atoms with Crippen molar-refractivity contribution in [3.05, 3.63) is 161 Å². The van der Waals surface area contributed by atoms with E-state index in [4.69, 9.17) is 9.97 Å². The van der Waals surface area contributed by atoms with Crippen LogP contribution in [0, 0.1) is 26.0 Å². The Morgan fingerprint density at radius 1 is 0.567 bits per heavy atom. The molecule has 0 atom stereocenters. The predicted octanol–water partition coefficient (Wildman–Crippen LogP) is 14.9. The van der Waals surface area contributed by atoms with Crippen LogP contribution in [-0.4, -0.2) is 15.0 Å². The molecule has 3 heterocycles. The number of hydrogen-bond acceptors (Lipinski definition) is 3. The third kappa shape index (κ3) is 8.70. The molecule has 1 aliphatic rings. The van der Waals surface area contributed by atoms with Gasteiger partial charge in [0.15, 0.2) is 0 Å². The van der Waals surface area contributed by atoms with Crippen molar-refractivity contribution in [2.75, 3.05) is 0 Å². The second-order valence-corrected chi connectivity index (χ2v) is 19.6. The molecule has 4 heteroatoms. The van der Waals surface area contributed by atoms with E-state index in [-0.39, 0.29) is 41.8 Å². The van der Waals surface area contributed by atoms with E-state index in [9.17, 15) is 0 Å². The van der Waals surface area contributed by atoms with E-state index >= 15 is 0 Å². The van der Waals surface area contributed by atoms with Gasteiger partial charge in [-0.15, -0.1) is 70.8 Å². The van der Waals surface area contributed by atoms with Crippen molar-refractivity contribution in [1.29, 1.82) is 0 Å². The standard InChI is InChI=1S/C37H37N2.C19H24N.Ir/c1-8-37(9-2)32-22-30-25(12-11-15-28(30)33-19-23(3)18-24(4)39-33)21-31(32)29-16-17-38-35(34(29)37)26-13-10-14-27(20-26)36(5,6)7;1-18(2,3)15-9-7-8-14(12-15)17-13-16(10-11-20-17)19(4,5)6;/h10-12,14-22H,8-9H2,1-7H3;7,9-13H,1-6H3;/q2*-1;. The maximum Gasteiger partial charge on any atom is 0.0714 e. The predicted molar refractivity (Wildman–Crippen MR) is 250 cm³/mol. The molecule has 0 fully saturated rings. The Morgan fingerprint density at radius 2 is 1.17 bits per heavy atom. The van der Waals surface area contributed by atoms with Gasteiger partial charge < -0.3 is 9.97 Å². The summed E-state index contributed by atoms with van der Waals surface area (Å²) >= 11 is 0. The molecule has 0 saturated carbocycles. The Kier molecular flexibility index (Phi) is 12.7. The van der Waals surface area contributed by atoms with Crippen LogP contribution in [0.25, 0.3) is 55.7 Å². The van der Waals surface area contributed by atoms with Crippen molar-refractivity contribution in [2.45, 2.75) is 125 Å². The van der Waals surface area contributed by atoms with Crippen LogP contribution in [0.5, 0.6) is 0 Å². The van der Waals surface area contributed by atoms with Gasteiger partial charge in [-0.05, 0) is 135 Å². The fraction of sp³-hybridized carbons (Fsp3) is 0.339. The van der Waals surface area contributed by atoms with Gasteiger partial charge in [-0.2, -0.15) is 0 Å². The molecular formula is C56H61IrN3-2. The fourth-order valence-electron chi connectivity index (χ4n) is 8.84. The summed E-state index contributed by atoms with van der Waals surface area (Å²) in [6.45, 7) is 29.0. The van der Waals surface area contributed by atoms with Crippen molar-refractivity contribution in [1.82, 2.24) is 15.0 Å². The first kappa shape index (κ1) is 44.8. The van der Waals surface area contributed by atoms with Gasteiger partial charge in [0.05, 0.1) is 5.69 Å². The minimum atomic E-state index is -0.114. The Hall–Kier alpha value is -4.76. The molecular weight excluding hydrogens is 907 g/mol. The van der Waals surface area contributed by atoms with Crippen LogP contribution in [0.4, 0.5) is 0 Å². The van der Waals surface area contributed by atoms with Gasteiger partial charge in [-0.3, -0.25) is 4.98 Å². The van der Waals surface area contributed by atoms with Crippen LogP contribution >= 0.6 is 0 Å². The third-order valence-electron chi connectivity index (χ3n) is 12.3. The number of fused-ring (bicyclic) bond motifs is 4. The quantitative estimate of drug-likeness (QED) is 0.161. The van der Waals surface area contributed by atoms with Crippen molar-refractivity contribution in [3.8, 4) is 44.9 Å². The number of pyridine rings is 3. The normalized spacial score (nSPS) is 13.2. The van der Waals surface area contributed by atoms with Gasteiger partial charge in [-0.25, -0.2) is 0 Å². The zero-order valence-corrected chi connectivity index (χ0v) is 40.4. The van der Waals surface area contributed by atoms with Crippen LogP contribution in [0.2, 0.25) is 0 Å². The fourth-order valence-corrected chi connectivity index (χ4v) is 8.84. The monoisotopic (exact) mass is 968 g/mol. The molecule has 1 aliphatic carbocycles. The summed E-state index contributed by atoms with van der Waals surface area (Å²) < 4.78 is 0. The van der Waals surface area contributed by atoms with Crippen LogP contribution in [0.3, 0.4) is 0 Å². The third-order valence-corrected chi connectivity index (χ3v) is 12.3. The summed E-state index contributed by atoms with van der Waals surface area (Å²) in [6.07, 6.45) is 5.90. The Balaban J connectivity index is 0.000000243. The van der Waals surface area contributed by atoms with Gasteiger partial charge in [0.25, 0.3) is 0 Å². The number of aryl methyl sites for hydroxylation is 2. The second kappa shape index (κ2) is 16.9. The Morgan fingerprint density at radius 3 is 1.78 bits per heavy atom. The van der Waals surface area contributed by atoms with Crippen molar-refractivity contribution >= 4 is 10.8 Å². The number of aromatic nitrogens is 3. The molecule has 3 aromatic heterocycles. The van der Waals surface area contributed by atoms with E-state index in [1.165, 1.54) is 60.8 Å². The summed E-state index contributed by atoms with van der Waals surface area (Å²) in [5.41, 5.74) is 18.3. The van der Waals surface area contributed by atoms with E-state index in [2.05, 4.69) is 198 Å². The molecule has 311 valence electrons. The molecule has 0 spiro atoms. The average Bonchev–Trinajstić information content (AvgIpc) is 3.48. The van der Waals surface area contributed by atoms with E-state index < -0.39 is 0 Å². The Bertz CT molecular complexity index is 2590. The topological polar surface area (TPSA) is 38.7 Å². The summed E-state index contributed by atoms with van der Waals surface area (Å²) in [5.74, 6) is 0. The minimum Gasteiger partial charge on any atom is -0.305 e. The molecule has 0 N–H and O–H groups in total. The van der Waals surface area contributed by atoms with Crippen molar-refractivity contribution < 1.29 is 20.1 Å². The summed E-state index contributed by atoms with van der Waals surface area (Å²) in [5, 5.41) is 2.52. The van der Waals surface area contributed by atoms with E-state index in [0.717, 1.165) is 46.7 Å². The molecule has 0 saturated heterocycles. The molecule has 0 unspecified atom stereocenters. The Labute approximate surface area is 373 Å². The first-order chi connectivity index (χ1) is 27.8. The van der Waals surface area contributed by atoms with Gasteiger partial charge in [0, 0.05) is 49.2 Å². The molecule has 60 heavy (non-hydrogen) atoms. The zero-order chi connectivity index (χ0) is 42.5. The second-order valence-electron chi connectivity index (χ2n) is 19.6. The molecule has 4 aromatic carbocycles. The van der Waals surface area contributed by atoms with Crippen molar-refractivity contribution in [3.63, 3.8) is 0 Å². The van der Waals surface area contributed by atoms with E-state index in [0.29, 0.717) is 0 Å².